The van der Waals surface area contributed by atoms with Gasteiger partial charge in [0.2, 0.25) is 5.91 Å². The van der Waals surface area contributed by atoms with E-state index in [0.29, 0.717) is 12.4 Å². The molecule has 3 rings (SSSR count). The molecule has 0 radical (unpaired) electrons. The maximum absolute atomic E-state index is 12.6. The van der Waals surface area contributed by atoms with Crippen molar-refractivity contribution in [3.63, 3.8) is 0 Å². The molecule has 1 unspecified atom stereocenters. The summed E-state index contributed by atoms with van der Waals surface area (Å²) >= 11 is 0. The molecule has 3 heterocycles. The van der Waals surface area contributed by atoms with E-state index in [2.05, 4.69) is 25.2 Å². The van der Waals surface area contributed by atoms with E-state index < -0.39 is 0 Å². The molecule has 0 aliphatic carbocycles. The van der Waals surface area contributed by atoms with E-state index in [1.165, 1.54) is 0 Å². The highest BCUT2D eigenvalue weighted by Gasteiger charge is 2.27. The van der Waals surface area contributed by atoms with Crippen molar-refractivity contribution >= 4 is 17.5 Å². The topological polar surface area (TPSA) is 71.0 Å². The molecule has 126 valence electrons. The molecule has 6 nitrogen and oxygen atoms in total. The second kappa shape index (κ2) is 6.95. The standard InChI is InChI=1S/C18H23N5O/c1-12-6-4-8-16(20-12)22-18(24)15-7-5-9-23(11-15)17-10-13(2)19-14(3)21-17/h4,6,8,10,15H,5,7,9,11H2,1-3H3,(H,20,22,24). The fourth-order valence-corrected chi connectivity index (χ4v) is 3.10. The van der Waals surface area contributed by atoms with E-state index in [4.69, 9.17) is 0 Å². The molecule has 2 aromatic heterocycles. The van der Waals surface area contributed by atoms with Crippen LogP contribution in [0.3, 0.4) is 0 Å². The molecular weight excluding hydrogens is 302 g/mol. The van der Waals surface area contributed by atoms with Crippen LogP contribution >= 0.6 is 0 Å². The zero-order chi connectivity index (χ0) is 17.1. The van der Waals surface area contributed by atoms with Gasteiger partial charge in [-0.1, -0.05) is 6.07 Å². The van der Waals surface area contributed by atoms with Crippen LogP contribution in [-0.2, 0) is 4.79 Å². The Kier molecular flexibility index (Phi) is 4.74. The van der Waals surface area contributed by atoms with Crippen molar-refractivity contribution in [2.24, 2.45) is 5.92 Å². The van der Waals surface area contributed by atoms with Gasteiger partial charge in [-0.25, -0.2) is 15.0 Å². The maximum Gasteiger partial charge on any atom is 0.230 e. The Morgan fingerprint density at radius 1 is 1.17 bits per heavy atom. The summed E-state index contributed by atoms with van der Waals surface area (Å²) < 4.78 is 0. The first-order valence-electron chi connectivity index (χ1n) is 8.33. The zero-order valence-electron chi connectivity index (χ0n) is 14.4. The second-order valence-corrected chi connectivity index (χ2v) is 6.35. The molecule has 1 atom stereocenters. The molecule has 0 aromatic carbocycles. The van der Waals surface area contributed by atoms with Gasteiger partial charge in [0.05, 0.1) is 5.92 Å². The second-order valence-electron chi connectivity index (χ2n) is 6.35. The number of aryl methyl sites for hydroxylation is 3. The van der Waals surface area contributed by atoms with E-state index in [1.54, 1.807) is 0 Å². The third kappa shape index (κ3) is 3.88. The average molecular weight is 325 g/mol. The quantitative estimate of drug-likeness (QED) is 0.939. The van der Waals surface area contributed by atoms with E-state index in [-0.39, 0.29) is 11.8 Å². The number of aromatic nitrogens is 3. The van der Waals surface area contributed by atoms with E-state index >= 15 is 0 Å². The molecule has 1 aliphatic heterocycles. The van der Waals surface area contributed by atoms with Crippen molar-refractivity contribution in [1.29, 1.82) is 0 Å². The van der Waals surface area contributed by atoms with Gasteiger partial charge < -0.3 is 10.2 Å². The average Bonchev–Trinajstić information content (AvgIpc) is 2.54. The van der Waals surface area contributed by atoms with Crippen molar-refractivity contribution in [1.82, 2.24) is 15.0 Å². The van der Waals surface area contributed by atoms with Gasteiger partial charge in [-0.2, -0.15) is 0 Å². The highest BCUT2D eigenvalue weighted by atomic mass is 16.2. The summed E-state index contributed by atoms with van der Waals surface area (Å²) in [7, 11) is 0. The normalized spacial score (nSPS) is 17.6. The van der Waals surface area contributed by atoms with Gasteiger partial charge in [-0.15, -0.1) is 0 Å². The number of nitrogens with zero attached hydrogens (tertiary/aromatic N) is 4. The minimum atomic E-state index is -0.0587. The maximum atomic E-state index is 12.6. The van der Waals surface area contributed by atoms with Crippen LogP contribution in [0.4, 0.5) is 11.6 Å². The van der Waals surface area contributed by atoms with Crippen LogP contribution in [0, 0.1) is 26.7 Å². The van der Waals surface area contributed by atoms with Crippen LogP contribution in [0.25, 0.3) is 0 Å². The lowest BCUT2D eigenvalue weighted by Crippen LogP contribution is -2.41. The van der Waals surface area contributed by atoms with Crippen molar-refractivity contribution < 1.29 is 4.79 Å². The van der Waals surface area contributed by atoms with E-state index in [1.807, 2.05) is 45.0 Å². The Balaban J connectivity index is 1.69. The summed E-state index contributed by atoms with van der Waals surface area (Å²) in [4.78, 5) is 27.9. The van der Waals surface area contributed by atoms with Gasteiger partial charge in [0.15, 0.2) is 0 Å². The summed E-state index contributed by atoms with van der Waals surface area (Å²) in [5.74, 6) is 2.26. The lowest BCUT2D eigenvalue weighted by atomic mass is 9.97. The molecule has 1 aliphatic rings. The molecule has 24 heavy (non-hydrogen) atoms. The summed E-state index contributed by atoms with van der Waals surface area (Å²) in [5.41, 5.74) is 1.85. The number of hydrogen-bond acceptors (Lipinski definition) is 5. The first kappa shape index (κ1) is 16.4. The summed E-state index contributed by atoms with van der Waals surface area (Å²) in [6.07, 6.45) is 1.86. The minimum absolute atomic E-state index is 0.0281. The fourth-order valence-electron chi connectivity index (χ4n) is 3.10. The van der Waals surface area contributed by atoms with E-state index in [9.17, 15) is 4.79 Å². The van der Waals surface area contributed by atoms with Gasteiger partial charge in [0.1, 0.15) is 17.5 Å². The van der Waals surface area contributed by atoms with E-state index in [0.717, 1.165) is 42.4 Å². The van der Waals surface area contributed by atoms with Gasteiger partial charge in [0, 0.05) is 30.5 Å². The Morgan fingerprint density at radius 3 is 2.75 bits per heavy atom. The largest absolute Gasteiger partial charge is 0.356 e. The Labute approximate surface area is 142 Å². The molecule has 1 fully saturated rings. The molecular formula is C18H23N5O. The Morgan fingerprint density at radius 2 is 2.00 bits per heavy atom. The fraction of sp³-hybridized carbons (Fsp3) is 0.444. The number of pyridine rings is 1. The Hall–Kier alpha value is -2.50. The number of carbonyl (C=O) groups is 1. The van der Waals surface area contributed by atoms with Crippen molar-refractivity contribution in [3.05, 3.63) is 41.5 Å². The van der Waals surface area contributed by atoms with Crippen LogP contribution in [0.15, 0.2) is 24.3 Å². The summed E-state index contributed by atoms with van der Waals surface area (Å²) in [5, 5.41) is 2.94. The molecule has 1 amide bonds. The first-order valence-corrected chi connectivity index (χ1v) is 8.33. The zero-order valence-corrected chi connectivity index (χ0v) is 14.4. The first-order chi connectivity index (χ1) is 11.5. The number of hydrogen-bond donors (Lipinski definition) is 1. The predicted molar refractivity (Wildman–Crippen MR) is 94.0 cm³/mol. The third-order valence-corrected chi connectivity index (χ3v) is 4.21. The number of nitrogens with one attached hydrogen (secondary N) is 1. The number of piperidine rings is 1. The van der Waals surface area contributed by atoms with Crippen LogP contribution in [-0.4, -0.2) is 33.9 Å². The van der Waals surface area contributed by atoms with Gasteiger partial charge in [0.25, 0.3) is 0 Å². The molecule has 0 saturated carbocycles. The molecule has 2 aromatic rings. The lowest BCUT2D eigenvalue weighted by Gasteiger charge is -2.33. The molecule has 6 heteroatoms. The molecule has 1 saturated heterocycles. The monoisotopic (exact) mass is 325 g/mol. The van der Waals surface area contributed by atoms with Crippen LogP contribution < -0.4 is 10.2 Å². The van der Waals surface area contributed by atoms with Crippen LogP contribution in [0.5, 0.6) is 0 Å². The molecule has 0 spiro atoms. The highest BCUT2D eigenvalue weighted by Crippen LogP contribution is 2.23. The summed E-state index contributed by atoms with van der Waals surface area (Å²) in [6, 6.07) is 7.62. The van der Waals surface area contributed by atoms with Crippen LogP contribution in [0.2, 0.25) is 0 Å². The number of anilines is 2. The lowest BCUT2D eigenvalue weighted by molar-refractivity contribution is -0.120. The van der Waals surface area contributed by atoms with Gasteiger partial charge >= 0.3 is 0 Å². The minimum Gasteiger partial charge on any atom is -0.356 e. The summed E-state index contributed by atoms with van der Waals surface area (Å²) in [6.45, 7) is 7.37. The number of amides is 1. The van der Waals surface area contributed by atoms with Gasteiger partial charge in [-0.3, -0.25) is 4.79 Å². The van der Waals surface area contributed by atoms with Crippen molar-refractivity contribution in [2.75, 3.05) is 23.3 Å². The highest BCUT2D eigenvalue weighted by molar-refractivity contribution is 5.92. The molecule has 0 bridgehead atoms. The predicted octanol–water partition coefficient (Wildman–Crippen LogP) is 2.65. The van der Waals surface area contributed by atoms with Crippen LogP contribution in [0.1, 0.15) is 30.1 Å². The molecule has 1 N–H and O–H groups in total. The van der Waals surface area contributed by atoms with Gasteiger partial charge in [-0.05, 0) is 45.7 Å². The van der Waals surface area contributed by atoms with Crippen molar-refractivity contribution in [2.45, 2.75) is 33.6 Å². The number of rotatable bonds is 3. The smallest absolute Gasteiger partial charge is 0.230 e. The Bertz CT molecular complexity index is 726. The number of carbonyl (C=O) groups excluding carboxylic acids is 1. The van der Waals surface area contributed by atoms with Crippen molar-refractivity contribution in [3.8, 4) is 0 Å². The third-order valence-electron chi connectivity index (χ3n) is 4.21. The SMILES string of the molecule is Cc1cccc(NC(=O)C2CCCN(c3cc(C)nc(C)n3)C2)n1.